The van der Waals surface area contributed by atoms with Crippen LogP contribution < -0.4 is 0 Å². The second-order valence-corrected chi connectivity index (χ2v) is 3.87. The van der Waals surface area contributed by atoms with Crippen molar-refractivity contribution < 1.29 is 17.9 Å². The Kier molecular flexibility index (Phi) is 2.48. The van der Waals surface area contributed by atoms with Crippen molar-refractivity contribution in [1.29, 1.82) is 0 Å². The molecule has 0 bridgehead atoms. The molecule has 14 heavy (non-hydrogen) atoms. The van der Waals surface area contributed by atoms with Gasteiger partial charge in [0.2, 0.25) is 0 Å². The van der Waals surface area contributed by atoms with Gasteiger partial charge >= 0.3 is 6.36 Å². The van der Waals surface area contributed by atoms with E-state index in [9.17, 15) is 13.2 Å². The van der Waals surface area contributed by atoms with Gasteiger partial charge in [-0.3, -0.25) is 4.74 Å². The van der Waals surface area contributed by atoms with Crippen LogP contribution in [0, 0.1) is 5.51 Å². The molecule has 0 saturated heterocycles. The fourth-order valence-electron chi connectivity index (χ4n) is 1.47. The zero-order valence-electron chi connectivity index (χ0n) is 7.04. The average molecular weight is 222 g/mol. The highest BCUT2D eigenvalue weighted by Crippen LogP contribution is 2.40. The van der Waals surface area contributed by atoms with Gasteiger partial charge in [0, 0.05) is 11.3 Å². The summed E-state index contributed by atoms with van der Waals surface area (Å²) in [5.74, 6) is 0.116. The average Bonchev–Trinajstić information content (AvgIpc) is 2.45. The third-order valence-electron chi connectivity index (χ3n) is 2.22. The molecule has 0 aromatic carbocycles. The van der Waals surface area contributed by atoms with Crippen molar-refractivity contribution in [1.82, 2.24) is 4.98 Å². The molecule has 0 N–H and O–H groups in total. The molecule has 2 rings (SSSR count). The molecule has 1 aliphatic rings. The first-order chi connectivity index (χ1) is 6.54. The summed E-state index contributed by atoms with van der Waals surface area (Å²) in [5.41, 5.74) is 3.50. The summed E-state index contributed by atoms with van der Waals surface area (Å²) in [7, 11) is 0. The second kappa shape index (κ2) is 3.51. The lowest BCUT2D eigenvalue weighted by Crippen LogP contribution is -2.34. The fraction of sp³-hybridized carbons (Fsp3) is 0.625. The maximum absolute atomic E-state index is 11.8. The van der Waals surface area contributed by atoms with Crippen molar-refractivity contribution in [3.63, 3.8) is 0 Å². The normalized spacial score (nSPS) is 27.4. The molecular weight excluding hydrogens is 215 g/mol. The molecule has 0 aliphatic heterocycles. The molecule has 1 fully saturated rings. The van der Waals surface area contributed by atoms with Crippen molar-refractivity contribution >= 4 is 11.3 Å². The first-order valence-electron chi connectivity index (χ1n) is 4.10. The summed E-state index contributed by atoms with van der Waals surface area (Å²) in [6.45, 7) is 0. The molecule has 0 spiro atoms. The zero-order chi connectivity index (χ0) is 10.2. The molecular formula is C8H7F3NOS. The SMILES string of the molecule is FC(F)(F)OC1CC(c2cs[c]n2)C1. The van der Waals surface area contributed by atoms with Gasteiger partial charge in [-0.2, -0.15) is 0 Å². The fourth-order valence-corrected chi connectivity index (χ4v) is 2.05. The molecule has 0 amide bonds. The number of halogens is 3. The molecule has 1 heterocycles. The summed E-state index contributed by atoms with van der Waals surface area (Å²) < 4.78 is 39.1. The predicted octanol–water partition coefficient (Wildman–Crippen LogP) is 2.73. The summed E-state index contributed by atoms with van der Waals surface area (Å²) in [6, 6.07) is 0. The van der Waals surface area contributed by atoms with Crippen molar-refractivity contribution in [2.75, 3.05) is 0 Å². The van der Waals surface area contributed by atoms with Gasteiger partial charge in [-0.25, -0.2) is 4.98 Å². The number of rotatable bonds is 2. The number of hydrogen-bond donors (Lipinski definition) is 0. The van der Waals surface area contributed by atoms with Crippen LogP contribution in [0.15, 0.2) is 5.38 Å². The summed E-state index contributed by atoms with van der Waals surface area (Å²) in [5, 5.41) is 1.81. The van der Waals surface area contributed by atoms with Gasteiger partial charge in [0.25, 0.3) is 0 Å². The van der Waals surface area contributed by atoms with Crippen LogP contribution in [0.2, 0.25) is 0 Å². The molecule has 77 valence electrons. The van der Waals surface area contributed by atoms with Gasteiger partial charge in [0.05, 0.1) is 11.8 Å². The van der Waals surface area contributed by atoms with Gasteiger partial charge in [-0.1, -0.05) is 0 Å². The maximum atomic E-state index is 11.8. The third-order valence-corrected chi connectivity index (χ3v) is 2.78. The van der Waals surface area contributed by atoms with E-state index in [2.05, 4.69) is 15.2 Å². The molecule has 6 heteroatoms. The molecule has 0 atom stereocenters. The summed E-state index contributed by atoms with van der Waals surface area (Å²) in [4.78, 5) is 3.93. The molecule has 1 radical (unpaired) electrons. The highest BCUT2D eigenvalue weighted by atomic mass is 32.1. The van der Waals surface area contributed by atoms with Crippen LogP contribution in [-0.4, -0.2) is 17.5 Å². The lowest BCUT2D eigenvalue weighted by Gasteiger charge is -2.34. The van der Waals surface area contributed by atoms with Crippen LogP contribution in [0.3, 0.4) is 0 Å². The van der Waals surface area contributed by atoms with E-state index in [-0.39, 0.29) is 5.92 Å². The highest BCUT2D eigenvalue weighted by molar-refractivity contribution is 7.07. The van der Waals surface area contributed by atoms with Crippen LogP contribution in [-0.2, 0) is 4.74 Å². The zero-order valence-corrected chi connectivity index (χ0v) is 7.86. The molecule has 1 saturated carbocycles. The topological polar surface area (TPSA) is 22.1 Å². The summed E-state index contributed by atoms with van der Waals surface area (Å²) >= 11 is 1.33. The van der Waals surface area contributed by atoms with E-state index in [0.717, 1.165) is 5.69 Å². The van der Waals surface area contributed by atoms with Crippen LogP contribution in [0.5, 0.6) is 0 Å². The number of alkyl halides is 3. The number of thiazole rings is 1. The largest absolute Gasteiger partial charge is 0.522 e. The van der Waals surface area contributed by atoms with E-state index >= 15 is 0 Å². The van der Waals surface area contributed by atoms with Gasteiger partial charge in [-0.05, 0) is 12.8 Å². The number of aromatic nitrogens is 1. The monoisotopic (exact) mass is 222 g/mol. The van der Waals surface area contributed by atoms with E-state index in [1.807, 2.05) is 5.38 Å². The lowest BCUT2D eigenvalue weighted by molar-refractivity contribution is -0.351. The number of nitrogens with zero attached hydrogens (tertiary/aromatic N) is 1. The van der Waals surface area contributed by atoms with E-state index in [1.165, 1.54) is 11.3 Å². The first kappa shape index (κ1) is 9.92. The predicted molar refractivity (Wildman–Crippen MR) is 43.9 cm³/mol. The first-order valence-corrected chi connectivity index (χ1v) is 4.98. The Morgan fingerprint density at radius 2 is 2.21 bits per heavy atom. The highest BCUT2D eigenvalue weighted by Gasteiger charge is 2.41. The summed E-state index contributed by atoms with van der Waals surface area (Å²) in [6.07, 6.45) is -4.40. The molecule has 2 nitrogen and oxygen atoms in total. The van der Waals surface area contributed by atoms with Crippen molar-refractivity contribution in [3.05, 3.63) is 16.6 Å². The maximum Gasteiger partial charge on any atom is 0.522 e. The van der Waals surface area contributed by atoms with Gasteiger partial charge < -0.3 is 0 Å². The van der Waals surface area contributed by atoms with E-state index < -0.39 is 12.5 Å². The third kappa shape index (κ3) is 2.24. The van der Waals surface area contributed by atoms with Gasteiger partial charge in [0.15, 0.2) is 5.51 Å². The quantitative estimate of drug-likeness (QED) is 0.767. The Balaban J connectivity index is 1.80. The van der Waals surface area contributed by atoms with Crippen LogP contribution in [0.4, 0.5) is 13.2 Å². The van der Waals surface area contributed by atoms with Crippen molar-refractivity contribution in [2.24, 2.45) is 0 Å². The van der Waals surface area contributed by atoms with Gasteiger partial charge in [-0.15, -0.1) is 24.5 Å². The Morgan fingerprint density at radius 1 is 1.50 bits per heavy atom. The van der Waals surface area contributed by atoms with Crippen LogP contribution in [0.25, 0.3) is 0 Å². The van der Waals surface area contributed by atoms with E-state index in [4.69, 9.17) is 0 Å². The second-order valence-electron chi connectivity index (χ2n) is 3.22. The number of ether oxygens (including phenoxy) is 1. The Labute approximate surface area is 82.7 Å². The van der Waals surface area contributed by atoms with E-state index in [1.54, 1.807) is 0 Å². The molecule has 0 unspecified atom stereocenters. The molecule has 1 aromatic heterocycles. The minimum Gasteiger partial charge on any atom is -0.289 e. The van der Waals surface area contributed by atoms with Gasteiger partial charge in [0.1, 0.15) is 0 Å². The lowest BCUT2D eigenvalue weighted by atomic mass is 9.80. The van der Waals surface area contributed by atoms with Crippen LogP contribution >= 0.6 is 11.3 Å². The molecule has 1 aromatic rings. The minimum absolute atomic E-state index is 0.116. The van der Waals surface area contributed by atoms with E-state index in [0.29, 0.717) is 12.8 Å². The molecule has 1 aliphatic carbocycles. The number of hydrogen-bond acceptors (Lipinski definition) is 3. The Hall–Kier alpha value is -0.620. The minimum atomic E-state index is -4.51. The van der Waals surface area contributed by atoms with Crippen LogP contribution in [0.1, 0.15) is 24.5 Å². The van der Waals surface area contributed by atoms with Crippen molar-refractivity contribution in [3.8, 4) is 0 Å². The Morgan fingerprint density at radius 3 is 2.71 bits per heavy atom. The standard InChI is InChI=1S/C8H7F3NOS/c9-8(10,11)13-6-1-5(2-6)7-3-14-4-12-7/h3,5-6H,1-2H2. The van der Waals surface area contributed by atoms with Crippen molar-refractivity contribution in [2.45, 2.75) is 31.2 Å². The smallest absolute Gasteiger partial charge is 0.289 e. The Bertz CT molecular complexity index is 292.